The van der Waals surface area contributed by atoms with Crippen molar-refractivity contribution in [2.45, 2.75) is 23.1 Å². The Labute approximate surface area is 83.3 Å². The number of sulfone groups is 1. The molecule has 0 unspecified atom stereocenters. The van der Waals surface area contributed by atoms with Crippen molar-refractivity contribution in [2.24, 2.45) is 0 Å². The third kappa shape index (κ3) is 1.59. The molecule has 76 valence electrons. The topological polar surface area (TPSA) is 59.1 Å². The fourth-order valence-electron chi connectivity index (χ4n) is 1.25. The normalized spacial score (nSPS) is 16.6. The maximum absolute atomic E-state index is 11.7. The minimum Gasteiger partial charge on any atom is -0.387 e. The van der Waals surface area contributed by atoms with Gasteiger partial charge in [-0.3, -0.25) is 0 Å². The quantitative estimate of drug-likeness (QED) is 0.814. The first-order valence-corrected chi connectivity index (χ1v) is 6.07. The molecule has 5 heteroatoms. The third-order valence-corrected chi connectivity index (χ3v) is 4.45. The minimum absolute atomic E-state index is 0.185. The van der Waals surface area contributed by atoms with Crippen LogP contribution in [0.4, 0.5) is 5.69 Å². The van der Waals surface area contributed by atoms with Crippen LogP contribution >= 0.6 is 0 Å². The van der Waals surface area contributed by atoms with Gasteiger partial charge < -0.3 is 5.32 Å². The number of nitrogens with zero attached hydrogens (tertiary/aromatic N) is 1. The van der Waals surface area contributed by atoms with E-state index >= 15 is 0 Å². The maximum atomic E-state index is 11.7. The number of anilines is 1. The van der Waals surface area contributed by atoms with Gasteiger partial charge in [0.1, 0.15) is 0 Å². The van der Waals surface area contributed by atoms with Gasteiger partial charge in [-0.1, -0.05) is 0 Å². The molecular weight excluding hydrogens is 200 g/mol. The second kappa shape index (κ2) is 3.24. The van der Waals surface area contributed by atoms with Crippen LogP contribution in [0.2, 0.25) is 0 Å². The SMILES string of the molecule is CNc1ccc(S(=O)(=O)C2CC2)nc1. The van der Waals surface area contributed by atoms with Crippen molar-refractivity contribution in [3.63, 3.8) is 0 Å². The van der Waals surface area contributed by atoms with Crippen LogP contribution in [0.25, 0.3) is 0 Å². The van der Waals surface area contributed by atoms with Gasteiger partial charge in [-0.25, -0.2) is 13.4 Å². The standard InChI is InChI=1S/C9H12N2O2S/c1-10-7-2-5-9(11-6-7)14(12,13)8-3-4-8/h2,5-6,8,10H,3-4H2,1H3. The van der Waals surface area contributed by atoms with Gasteiger partial charge in [0.05, 0.1) is 17.1 Å². The van der Waals surface area contributed by atoms with E-state index in [4.69, 9.17) is 0 Å². The summed E-state index contributed by atoms with van der Waals surface area (Å²) >= 11 is 0. The van der Waals surface area contributed by atoms with Crippen molar-refractivity contribution in [1.29, 1.82) is 0 Å². The molecule has 1 aromatic heterocycles. The van der Waals surface area contributed by atoms with E-state index in [0.29, 0.717) is 0 Å². The van der Waals surface area contributed by atoms with Gasteiger partial charge in [0.2, 0.25) is 0 Å². The highest BCUT2D eigenvalue weighted by Gasteiger charge is 2.37. The molecule has 0 bridgehead atoms. The number of hydrogen-bond acceptors (Lipinski definition) is 4. The monoisotopic (exact) mass is 212 g/mol. The zero-order valence-electron chi connectivity index (χ0n) is 7.90. The van der Waals surface area contributed by atoms with E-state index < -0.39 is 9.84 Å². The van der Waals surface area contributed by atoms with E-state index in [-0.39, 0.29) is 10.3 Å². The van der Waals surface area contributed by atoms with E-state index in [0.717, 1.165) is 18.5 Å². The molecule has 0 spiro atoms. The van der Waals surface area contributed by atoms with E-state index in [2.05, 4.69) is 10.3 Å². The second-order valence-electron chi connectivity index (χ2n) is 3.38. The molecule has 0 aromatic carbocycles. The van der Waals surface area contributed by atoms with E-state index in [9.17, 15) is 8.42 Å². The Hall–Kier alpha value is -1.10. The lowest BCUT2D eigenvalue weighted by Crippen LogP contribution is -2.09. The number of hydrogen-bond donors (Lipinski definition) is 1. The predicted molar refractivity (Wildman–Crippen MR) is 54.0 cm³/mol. The lowest BCUT2D eigenvalue weighted by molar-refractivity contribution is 0.591. The van der Waals surface area contributed by atoms with Crippen LogP contribution in [0.1, 0.15) is 12.8 Å². The van der Waals surface area contributed by atoms with Gasteiger partial charge in [0.25, 0.3) is 0 Å². The summed E-state index contributed by atoms with van der Waals surface area (Å²) in [6, 6.07) is 3.28. The van der Waals surface area contributed by atoms with Crippen molar-refractivity contribution in [2.75, 3.05) is 12.4 Å². The Morgan fingerprint density at radius 2 is 2.14 bits per heavy atom. The molecule has 1 aliphatic carbocycles. The summed E-state index contributed by atoms with van der Waals surface area (Å²) < 4.78 is 23.4. The average molecular weight is 212 g/mol. The molecule has 1 fully saturated rings. The summed E-state index contributed by atoms with van der Waals surface area (Å²) in [5.41, 5.74) is 0.819. The first-order valence-electron chi connectivity index (χ1n) is 4.52. The number of rotatable bonds is 3. The minimum atomic E-state index is -3.13. The summed E-state index contributed by atoms with van der Waals surface area (Å²) in [7, 11) is -1.36. The molecule has 4 nitrogen and oxygen atoms in total. The predicted octanol–water partition coefficient (Wildman–Crippen LogP) is 1.06. The van der Waals surface area contributed by atoms with E-state index in [1.807, 2.05) is 0 Å². The molecule has 0 saturated heterocycles. The average Bonchev–Trinajstić information content (AvgIpc) is 3.01. The lowest BCUT2D eigenvalue weighted by atomic mass is 10.4. The molecule has 1 N–H and O–H groups in total. The van der Waals surface area contributed by atoms with Crippen LogP contribution in [0, 0.1) is 0 Å². The Bertz CT molecular complexity index is 421. The number of nitrogens with one attached hydrogen (secondary N) is 1. The second-order valence-corrected chi connectivity index (χ2v) is 5.55. The molecular formula is C9H12N2O2S. The van der Waals surface area contributed by atoms with Crippen molar-refractivity contribution in [3.8, 4) is 0 Å². The molecule has 1 aromatic rings. The van der Waals surface area contributed by atoms with Crippen LogP contribution in [0.3, 0.4) is 0 Å². The molecule has 0 atom stereocenters. The van der Waals surface area contributed by atoms with Gasteiger partial charge in [-0.15, -0.1) is 0 Å². The number of pyridine rings is 1. The van der Waals surface area contributed by atoms with Crippen LogP contribution in [0.15, 0.2) is 23.4 Å². The maximum Gasteiger partial charge on any atom is 0.198 e. The highest BCUT2D eigenvalue weighted by atomic mass is 32.2. The summed E-state index contributed by atoms with van der Waals surface area (Å²) in [5.74, 6) is 0. The van der Waals surface area contributed by atoms with Gasteiger partial charge in [0, 0.05) is 7.05 Å². The molecule has 2 rings (SSSR count). The molecule has 14 heavy (non-hydrogen) atoms. The van der Waals surface area contributed by atoms with Gasteiger partial charge in [-0.05, 0) is 25.0 Å². The molecule has 0 aliphatic heterocycles. The lowest BCUT2D eigenvalue weighted by Gasteiger charge is -2.02. The van der Waals surface area contributed by atoms with Crippen LogP contribution < -0.4 is 5.32 Å². The van der Waals surface area contributed by atoms with Crippen LogP contribution in [0.5, 0.6) is 0 Å². The Morgan fingerprint density at radius 1 is 1.43 bits per heavy atom. The van der Waals surface area contributed by atoms with E-state index in [1.165, 1.54) is 6.20 Å². The Balaban J connectivity index is 2.33. The van der Waals surface area contributed by atoms with Crippen molar-refractivity contribution in [3.05, 3.63) is 18.3 Å². The zero-order chi connectivity index (χ0) is 10.2. The fraction of sp³-hybridized carbons (Fsp3) is 0.444. The van der Waals surface area contributed by atoms with Crippen molar-refractivity contribution < 1.29 is 8.42 Å². The highest BCUT2D eigenvalue weighted by molar-refractivity contribution is 7.92. The molecule has 1 saturated carbocycles. The Kier molecular flexibility index (Phi) is 2.19. The van der Waals surface area contributed by atoms with Gasteiger partial charge >= 0.3 is 0 Å². The van der Waals surface area contributed by atoms with Crippen molar-refractivity contribution >= 4 is 15.5 Å². The summed E-state index contributed by atoms with van der Waals surface area (Å²) in [5, 5.41) is 2.90. The van der Waals surface area contributed by atoms with Crippen LogP contribution in [-0.4, -0.2) is 25.7 Å². The smallest absolute Gasteiger partial charge is 0.198 e. The highest BCUT2D eigenvalue weighted by Crippen LogP contribution is 2.32. The molecule has 1 heterocycles. The number of aromatic nitrogens is 1. The fourth-order valence-corrected chi connectivity index (χ4v) is 2.80. The van der Waals surface area contributed by atoms with Crippen LogP contribution in [-0.2, 0) is 9.84 Å². The summed E-state index contributed by atoms with van der Waals surface area (Å²) in [6.45, 7) is 0. The largest absolute Gasteiger partial charge is 0.387 e. The van der Waals surface area contributed by atoms with E-state index in [1.54, 1.807) is 19.2 Å². The summed E-state index contributed by atoms with van der Waals surface area (Å²) in [4.78, 5) is 3.93. The van der Waals surface area contributed by atoms with Gasteiger partial charge in [0.15, 0.2) is 14.9 Å². The molecule has 1 aliphatic rings. The Morgan fingerprint density at radius 3 is 2.57 bits per heavy atom. The summed E-state index contributed by atoms with van der Waals surface area (Å²) in [6.07, 6.45) is 3.09. The first kappa shape index (κ1) is 9.45. The third-order valence-electron chi connectivity index (χ3n) is 2.28. The zero-order valence-corrected chi connectivity index (χ0v) is 8.71. The van der Waals surface area contributed by atoms with Crippen molar-refractivity contribution in [1.82, 2.24) is 4.98 Å². The first-order chi connectivity index (χ1) is 6.64. The van der Waals surface area contributed by atoms with Gasteiger partial charge in [-0.2, -0.15) is 0 Å². The molecule has 0 amide bonds. The molecule has 0 radical (unpaired) electrons.